The third-order valence-corrected chi connectivity index (χ3v) is 3.92. The fourth-order valence-electron chi connectivity index (χ4n) is 2.54. The second-order valence-corrected chi connectivity index (χ2v) is 6.39. The Bertz CT molecular complexity index is 432. The van der Waals surface area contributed by atoms with Crippen LogP contribution in [0, 0.1) is 5.41 Å². The first kappa shape index (κ1) is 15.0. The summed E-state index contributed by atoms with van der Waals surface area (Å²) in [5.41, 5.74) is 1.42. The van der Waals surface area contributed by atoms with E-state index in [2.05, 4.69) is 43.1 Å². The second kappa shape index (κ2) is 5.92. The molecule has 1 aromatic carbocycles. The van der Waals surface area contributed by atoms with Gasteiger partial charge in [0.1, 0.15) is 11.5 Å². The zero-order valence-electron chi connectivity index (χ0n) is 13.2. The van der Waals surface area contributed by atoms with E-state index in [9.17, 15) is 0 Å². The first-order valence-corrected chi connectivity index (χ1v) is 7.15. The number of nitrogens with one attached hydrogen (secondary N) is 1. The molecule has 1 saturated heterocycles. The van der Waals surface area contributed by atoms with Gasteiger partial charge in [-0.25, -0.2) is 0 Å². The van der Waals surface area contributed by atoms with Gasteiger partial charge in [-0.2, -0.15) is 0 Å². The van der Waals surface area contributed by atoms with Crippen LogP contribution in [0.1, 0.15) is 20.8 Å². The number of hydrogen-bond donors (Lipinski definition) is 1. The highest BCUT2D eigenvalue weighted by molar-refractivity contribution is 5.56. The molecule has 1 unspecified atom stereocenters. The highest BCUT2D eigenvalue weighted by Gasteiger charge is 2.29. The van der Waals surface area contributed by atoms with Crippen LogP contribution in [0.2, 0.25) is 0 Å². The summed E-state index contributed by atoms with van der Waals surface area (Å²) in [7, 11) is 3.38. The Hall–Kier alpha value is -1.42. The lowest BCUT2D eigenvalue weighted by molar-refractivity contribution is 0.254. The summed E-state index contributed by atoms with van der Waals surface area (Å²) in [6, 6.07) is 6.54. The summed E-state index contributed by atoms with van der Waals surface area (Å²) < 4.78 is 10.7. The molecule has 1 N–H and O–H groups in total. The predicted molar refractivity (Wildman–Crippen MR) is 83.0 cm³/mol. The highest BCUT2D eigenvalue weighted by atomic mass is 16.5. The number of nitrogens with zero attached hydrogens (tertiary/aromatic N) is 1. The van der Waals surface area contributed by atoms with Gasteiger partial charge in [0.25, 0.3) is 0 Å². The summed E-state index contributed by atoms with van der Waals surface area (Å²) >= 11 is 0. The Kier molecular flexibility index (Phi) is 4.43. The van der Waals surface area contributed by atoms with Crippen molar-refractivity contribution in [3.63, 3.8) is 0 Å². The van der Waals surface area contributed by atoms with E-state index in [1.54, 1.807) is 14.2 Å². The van der Waals surface area contributed by atoms with Crippen molar-refractivity contribution in [2.75, 3.05) is 38.8 Å². The number of ether oxygens (including phenoxy) is 2. The topological polar surface area (TPSA) is 33.7 Å². The average Bonchev–Trinajstić information content (AvgIpc) is 2.46. The van der Waals surface area contributed by atoms with Crippen molar-refractivity contribution in [2.45, 2.75) is 26.8 Å². The van der Waals surface area contributed by atoms with Crippen LogP contribution in [0.3, 0.4) is 0 Å². The van der Waals surface area contributed by atoms with Crippen molar-refractivity contribution in [2.24, 2.45) is 5.41 Å². The van der Waals surface area contributed by atoms with Crippen molar-refractivity contribution < 1.29 is 9.47 Å². The Morgan fingerprint density at radius 2 is 1.70 bits per heavy atom. The first-order chi connectivity index (χ1) is 9.44. The van der Waals surface area contributed by atoms with Crippen molar-refractivity contribution in [1.82, 2.24) is 5.32 Å². The quantitative estimate of drug-likeness (QED) is 0.921. The van der Waals surface area contributed by atoms with E-state index >= 15 is 0 Å². The standard InChI is InChI=1S/C16H26N2O2/c1-16(2,3)15-11-18(7-6-17-15)12-8-13(19-4)10-14(9-12)20-5/h8-10,15,17H,6-7,11H2,1-5H3. The lowest BCUT2D eigenvalue weighted by Crippen LogP contribution is -2.56. The normalized spacial score (nSPS) is 19.9. The van der Waals surface area contributed by atoms with E-state index in [0.29, 0.717) is 6.04 Å². The minimum atomic E-state index is 0.252. The molecule has 1 fully saturated rings. The molecule has 0 aliphatic carbocycles. The molecule has 1 heterocycles. The van der Waals surface area contributed by atoms with Gasteiger partial charge in [0.15, 0.2) is 0 Å². The van der Waals surface area contributed by atoms with Crippen LogP contribution in [0.25, 0.3) is 0 Å². The molecule has 0 radical (unpaired) electrons. The third-order valence-electron chi connectivity index (χ3n) is 3.92. The first-order valence-electron chi connectivity index (χ1n) is 7.15. The van der Waals surface area contributed by atoms with Gasteiger partial charge in [-0.05, 0) is 5.41 Å². The number of anilines is 1. The molecule has 1 aromatic rings. The molecular formula is C16H26N2O2. The van der Waals surface area contributed by atoms with Crippen LogP contribution in [0.5, 0.6) is 11.5 Å². The number of benzene rings is 1. The summed E-state index contributed by atoms with van der Waals surface area (Å²) in [6.07, 6.45) is 0. The lowest BCUT2D eigenvalue weighted by Gasteiger charge is -2.41. The van der Waals surface area contributed by atoms with Crippen LogP contribution in [-0.4, -0.2) is 39.9 Å². The minimum Gasteiger partial charge on any atom is -0.497 e. The van der Waals surface area contributed by atoms with E-state index in [1.165, 1.54) is 0 Å². The smallest absolute Gasteiger partial charge is 0.124 e. The van der Waals surface area contributed by atoms with E-state index in [1.807, 2.05) is 6.07 Å². The fraction of sp³-hybridized carbons (Fsp3) is 0.625. The molecule has 0 spiro atoms. The average molecular weight is 278 g/mol. The second-order valence-electron chi connectivity index (χ2n) is 6.39. The fourth-order valence-corrected chi connectivity index (χ4v) is 2.54. The molecule has 4 heteroatoms. The van der Waals surface area contributed by atoms with Gasteiger partial charge in [-0.3, -0.25) is 0 Å². The van der Waals surface area contributed by atoms with Crippen LogP contribution in [0.15, 0.2) is 18.2 Å². The molecule has 0 aromatic heterocycles. The maximum absolute atomic E-state index is 5.36. The Morgan fingerprint density at radius 1 is 1.10 bits per heavy atom. The van der Waals surface area contributed by atoms with E-state index < -0.39 is 0 Å². The van der Waals surface area contributed by atoms with Crippen LogP contribution >= 0.6 is 0 Å². The third kappa shape index (κ3) is 3.37. The Balaban J connectivity index is 2.22. The van der Waals surface area contributed by atoms with Crippen molar-refractivity contribution in [3.05, 3.63) is 18.2 Å². The van der Waals surface area contributed by atoms with Gasteiger partial charge in [-0.15, -0.1) is 0 Å². The van der Waals surface area contributed by atoms with Gasteiger partial charge >= 0.3 is 0 Å². The molecule has 0 saturated carbocycles. The monoisotopic (exact) mass is 278 g/mol. The van der Waals surface area contributed by atoms with E-state index in [0.717, 1.165) is 36.8 Å². The number of methoxy groups -OCH3 is 2. The maximum atomic E-state index is 5.36. The van der Waals surface area contributed by atoms with E-state index in [-0.39, 0.29) is 5.41 Å². The summed E-state index contributed by atoms with van der Waals surface area (Å²) in [6.45, 7) is 9.84. The van der Waals surface area contributed by atoms with Gasteiger partial charge in [0.2, 0.25) is 0 Å². The summed E-state index contributed by atoms with van der Waals surface area (Å²) in [5, 5.41) is 3.61. The number of hydrogen-bond acceptors (Lipinski definition) is 4. The van der Waals surface area contributed by atoms with Crippen LogP contribution in [-0.2, 0) is 0 Å². The minimum absolute atomic E-state index is 0.252. The molecule has 4 nitrogen and oxygen atoms in total. The van der Waals surface area contributed by atoms with Crippen LogP contribution < -0.4 is 19.7 Å². The van der Waals surface area contributed by atoms with Crippen molar-refractivity contribution in [1.29, 1.82) is 0 Å². The summed E-state index contributed by atoms with van der Waals surface area (Å²) in [5.74, 6) is 1.68. The number of piperazine rings is 1. The van der Waals surface area contributed by atoms with Gasteiger partial charge in [0, 0.05) is 49.6 Å². The van der Waals surface area contributed by atoms with E-state index in [4.69, 9.17) is 9.47 Å². The predicted octanol–water partition coefficient (Wildman–Crippen LogP) is 2.53. The van der Waals surface area contributed by atoms with Crippen LogP contribution in [0.4, 0.5) is 5.69 Å². The maximum Gasteiger partial charge on any atom is 0.124 e. The molecule has 0 amide bonds. The molecule has 2 rings (SSSR count). The number of rotatable bonds is 3. The van der Waals surface area contributed by atoms with Crippen molar-refractivity contribution >= 4 is 5.69 Å². The summed E-state index contributed by atoms with van der Waals surface area (Å²) in [4.78, 5) is 2.40. The molecular weight excluding hydrogens is 252 g/mol. The molecule has 1 aliphatic rings. The molecule has 0 bridgehead atoms. The lowest BCUT2D eigenvalue weighted by atomic mass is 9.85. The zero-order valence-corrected chi connectivity index (χ0v) is 13.2. The largest absolute Gasteiger partial charge is 0.497 e. The van der Waals surface area contributed by atoms with Gasteiger partial charge in [-0.1, -0.05) is 20.8 Å². The Labute approximate surface area is 122 Å². The van der Waals surface area contributed by atoms with Gasteiger partial charge < -0.3 is 19.7 Å². The van der Waals surface area contributed by atoms with Gasteiger partial charge in [0.05, 0.1) is 14.2 Å². The van der Waals surface area contributed by atoms with Crippen molar-refractivity contribution in [3.8, 4) is 11.5 Å². The molecule has 112 valence electrons. The molecule has 20 heavy (non-hydrogen) atoms. The molecule has 1 aliphatic heterocycles. The SMILES string of the molecule is COc1cc(OC)cc(N2CCNC(C(C)(C)C)C2)c1. The Morgan fingerprint density at radius 3 is 2.20 bits per heavy atom. The highest BCUT2D eigenvalue weighted by Crippen LogP contribution is 2.30. The molecule has 1 atom stereocenters. The zero-order chi connectivity index (χ0) is 14.8.